The van der Waals surface area contributed by atoms with Gasteiger partial charge in [0.25, 0.3) is 17.3 Å². The number of likely N-dealkylation sites (N-methyl/N-ethyl adjacent to an activating group) is 1. The summed E-state index contributed by atoms with van der Waals surface area (Å²) in [5.41, 5.74) is 4.26. The molecule has 3 heterocycles. The number of carbonyl (C=O) groups is 4. The molecule has 0 aliphatic carbocycles. The molecule has 3 aliphatic heterocycles. The second-order valence-electron chi connectivity index (χ2n) is 19.8. The molecule has 27 heteroatoms. The zero-order chi connectivity index (χ0) is 66.3. The molecule has 7 aromatic carbocycles. The Balaban J connectivity index is 0.000000216. The Morgan fingerprint density at radius 3 is 1.47 bits per heavy atom. The van der Waals surface area contributed by atoms with Crippen LogP contribution in [0.4, 0.5) is 17.1 Å². The number of rotatable bonds is 19. The van der Waals surface area contributed by atoms with Gasteiger partial charge in [-0.15, -0.1) is 36.2 Å². The van der Waals surface area contributed by atoms with Crippen molar-refractivity contribution in [1.29, 1.82) is 0 Å². The Bertz CT molecular complexity index is 3470. The summed E-state index contributed by atoms with van der Waals surface area (Å²) in [5.74, 6) is 1.22. The van der Waals surface area contributed by atoms with Gasteiger partial charge in [-0.3, -0.25) is 25.0 Å². The zero-order valence-electron chi connectivity index (χ0n) is 51.7. The van der Waals surface area contributed by atoms with Crippen LogP contribution < -0.4 is 23.8 Å². The minimum Gasteiger partial charge on any atom is -0.497 e. The van der Waals surface area contributed by atoms with E-state index in [2.05, 4.69) is 26.8 Å². The standard InChI is InChI=1S/C20H24N2O3S.C17H17NO6S.2C11H12O4.C6H5NO2S.Ac/c1-21(2)12-13-22-16-6-4-5-7-17(16)26-19(18(23)20(22)24)14-8-10-15(25-3)11-9-14;1-23-12-9-7-11(8-10-12)16(15(19)17(20)24-2)25-14-6-4-3-5-13(14)18(21)22;2*1-13-8-5-3-7(4-6-8)9-10(15-9)11(12)14-2;8-7(9)5-3-1-2-4-6(5)10;/h4-11,18-19,23H,12-13H2,1-3H3;3-10,15-16,19H,1-2H3;2*3-6,9-10H,1-2H3;1-4,10H;. The molecule has 485 valence electrons. The number of para-hydroxylation sites is 3. The Morgan fingerprint density at radius 2 is 1.04 bits per heavy atom. The fourth-order valence-corrected chi connectivity index (χ4v) is 11.4. The molecule has 2 saturated heterocycles. The first-order valence-corrected chi connectivity index (χ1v) is 29.9. The predicted molar refractivity (Wildman–Crippen MR) is 343 cm³/mol. The van der Waals surface area contributed by atoms with Gasteiger partial charge in [-0.25, -0.2) is 14.4 Å². The van der Waals surface area contributed by atoms with Crippen LogP contribution in [0.25, 0.3) is 0 Å². The van der Waals surface area contributed by atoms with Crippen molar-refractivity contribution in [3.8, 4) is 23.0 Å². The number of thioether (sulfide) groups is 2. The van der Waals surface area contributed by atoms with Crippen LogP contribution in [0.15, 0.2) is 185 Å². The van der Waals surface area contributed by atoms with Crippen LogP contribution >= 0.6 is 36.2 Å². The number of nitrogens with zero attached hydrogens (tertiary/aromatic N) is 4. The second-order valence-corrected chi connectivity index (χ2v) is 22.7. The number of benzene rings is 7. The number of methoxy groups -OCH3 is 7. The SMILES string of the molecule is COC(=O)C(O)C(Sc1ccccc1[N+](=O)[O-])c1ccc(OC)cc1.COC(=O)C1OC1c1ccc(OC)cc1.COC(=O)C1OC1c1ccc(OC)cc1.COc1ccc(C2Sc3ccccc3N(CCN(C)C)C(=O)C2O)cc1.O=[N+]([O-])c1ccccc1S.[Ac]. The molecule has 8 unspecified atom stereocenters. The van der Waals surface area contributed by atoms with Crippen LogP contribution in [-0.2, 0) is 42.9 Å². The van der Waals surface area contributed by atoms with Crippen LogP contribution in [0.5, 0.6) is 23.0 Å². The molecular formula is C65H70AcN4O19S3. The number of aliphatic hydroxyl groups is 2. The summed E-state index contributed by atoms with van der Waals surface area (Å²) in [5, 5.41) is 41.4. The first-order valence-electron chi connectivity index (χ1n) is 27.7. The van der Waals surface area contributed by atoms with E-state index in [9.17, 15) is 49.6 Å². The third kappa shape index (κ3) is 21.4. The largest absolute Gasteiger partial charge is 0.497 e. The normalized spacial score (nSPS) is 17.8. The maximum atomic E-state index is 13.0. The van der Waals surface area contributed by atoms with E-state index < -0.39 is 45.5 Å². The molecule has 1 amide bonds. The van der Waals surface area contributed by atoms with Crippen molar-refractivity contribution < 1.29 is 126 Å². The molecular weight excluding hydrogens is 1460 g/mol. The van der Waals surface area contributed by atoms with E-state index in [1.807, 2.05) is 116 Å². The van der Waals surface area contributed by atoms with Crippen LogP contribution in [0.3, 0.4) is 0 Å². The van der Waals surface area contributed by atoms with Crippen molar-refractivity contribution in [2.24, 2.45) is 0 Å². The van der Waals surface area contributed by atoms with Gasteiger partial charge in [0.2, 0.25) is 0 Å². The summed E-state index contributed by atoms with van der Waals surface area (Å²) in [7, 11) is 14.2. The van der Waals surface area contributed by atoms with Gasteiger partial charge < -0.3 is 62.6 Å². The number of nitro groups is 2. The van der Waals surface area contributed by atoms with E-state index in [4.69, 9.17) is 28.4 Å². The van der Waals surface area contributed by atoms with Crippen molar-refractivity contribution in [3.05, 3.63) is 212 Å². The Hall–Kier alpha value is -7.29. The van der Waals surface area contributed by atoms with Crippen molar-refractivity contribution in [2.75, 3.05) is 81.9 Å². The maximum Gasteiger partial charge on any atom is 0.338 e. The van der Waals surface area contributed by atoms with Crippen LogP contribution in [0.1, 0.15) is 45.0 Å². The summed E-state index contributed by atoms with van der Waals surface area (Å²) in [4.78, 5) is 73.0. The Kier molecular flexibility index (Phi) is 30.7. The van der Waals surface area contributed by atoms with Crippen molar-refractivity contribution in [1.82, 2.24) is 4.90 Å². The van der Waals surface area contributed by atoms with Gasteiger partial charge in [-0.1, -0.05) is 84.9 Å². The number of carbonyl (C=O) groups excluding carboxylic acids is 4. The molecule has 23 nitrogen and oxygen atoms in total. The fraction of sp³-hybridized carbons (Fsp3) is 0.292. The van der Waals surface area contributed by atoms with Crippen molar-refractivity contribution >= 4 is 77.0 Å². The van der Waals surface area contributed by atoms with Gasteiger partial charge in [0.1, 0.15) is 41.3 Å². The molecule has 0 bridgehead atoms. The minimum absolute atomic E-state index is 0. The number of fused-ring (bicyclic) bond motifs is 1. The van der Waals surface area contributed by atoms with E-state index in [0.29, 0.717) is 27.6 Å². The number of epoxide rings is 2. The topological polar surface area (TPSA) is 291 Å². The Labute approximate surface area is 582 Å². The number of esters is 3. The van der Waals surface area contributed by atoms with E-state index in [0.717, 1.165) is 62.8 Å². The number of nitro benzene ring substituents is 2. The molecule has 92 heavy (non-hydrogen) atoms. The molecule has 10 rings (SSSR count). The third-order valence-corrected chi connectivity index (χ3v) is 16.9. The number of hydrogen-bond acceptors (Lipinski definition) is 23. The van der Waals surface area contributed by atoms with E-state index in [1.54, 1.807) is 86.9 Å². The average molecular weight is 1530 g/mol. The first-order chi connectivity index (χ1) is 43.7. The minimum atomic E-state index is -1.48. The van der Waals surface area contributed by atoms with Crippen LogP contribution in [0, 0.1) is 64.3 Å². The van der Waals surface area contributed by atoms with Crippen LogP contribution in [0.2, 0.25) is 0 Å². The number of thiol groups is 1. The number of anilines is 1. The molecule has 8 atom stereocenters. The average Bonchev–Trinajstić information content (AvgIpc) is 2.17. The summed E-state index contributed by atoms with van der Waals surface area (Å²) in [6.07, 6.45) is -3.80. The fourth-order valence-electron chi connectivity index (χ4n) is 8.69. The van der Waals surface area contributed by atoms with Gasteiger partial charge in [0.15, 0.2) is 18.3 Å². The smallest absolute Gasteiger partial charge is 0.338 e. The molecule has 1 radical (unpaired) electrons. The number of ether oxygens (including phenoxy) is 9. The third-order valence-electron chi connectivity index (χ3n) is 13.7. The number of amides is 1. The molecule has 0 aromatic heterocycles. The number of aliphatic hydroxyl groups excluding tert-OH is 2. The predicted octanol–water partition coefficient (Wildman–Crippen LogP) is 10.3. The Morgan fingerprint density at radius 1 is 0.620 bits per heavy atom. The van der Waals surface area contributed by atoms with E-state index in [1.165, 1.54) is 52.3 Å². The van der Waals surface area contributed by atoms with Gasteiger partial charge in [0, 0.05) is 74.2 Å². The van der Waals surface area contributed by atoms with Gasteiger partial charge in [-0.05, 0) is 109 Å². The zero-order valence-corrected chi connectivity index (χ0v) is 58.9. The maximum absolute atomic E-state index is 13.0. The quantitative estimate of drug-likeness (QED) is 0.0129. The van der Waals surface area contributed by atoms with Gasteiger partial charge in [-0.2, -0.15) is 0 Å². The van der Waals surface area contributed by atoms with Crippen LogP contribution in [-0.4, -0.2) is 150 Å². The van der Waals surface area contributed by atoms with Gasteiger partial charge >= 0.3 is 17.9 Å². The summed E-state index contributed by atoms with van der Waals surface area (Å²) < 4.78 is 44.6. The summed E-state index contributed by atoms with van der Waals surface area (Å²) in [6.45, 7) is 1.26. The van der Waals surface area contributed by atoms with Crippen molar-refractivity contribution in [3.63, 3.8) is 0 Å². The van der Waals surface area contributed by atoms with Crippen molar-refractivity contribution in [2.45, 2.75) is 61.8 Å². The molecule has 7 aromatic rings. The molecule has 0 saturated carbocycles. The monoisotopic (exact) mass is 1530 g/mol. The molecule has 0 spiro atoms. The molecule has 2 N–H and O–H groups in total. The number of hydrogen-bond donors (Lipinski definition) is 3. The summed E-state index contributed by atoms with van der Waals surface area (Å²) in [6, 6.07) is 49.5. The van der Waals surface area contributed by atoms with Gasteiger partial charge in [0.05, 0.1) is 85.6 Å². The molecule has 3 aliphatic rings. The first kappa shape index (κ1) is 75.4. The molecule has 2 fully saturated rings. The summed E-state index contributed by atoms with van der Waals surface area (Å²) >= 11 is 6.45. The second kappa shape index (κ2) is 37.4. The van der Waals surface area contributed by atoms with E-state index >= 15 is 0 Å². The van der Waals surface area contributed by atoms with E-state index in [-0.39, 0.29) is 90.7 Å².